The Morgan fingerprint density at radius 3 is 2.75 bits per heavy atom. The minimum Gasteiger partial charge on any atom is -0.382 e. The standard InChI is InChI=1S/C10H18N4OS/c1-3-4-5-6-14(2)10-7(9(12)15)8(11)13-16-10/h3-6H2,1-2H3,(H2,11,13)(H2,12,15). The van der Waals surface area contributed by atoms with Crippen LogP contribution in [0.4, 0.5) is 10.8 Å². The molecule has 0 saturated heterocycles. The maximum absolute atomic E-state index is 11.2. The molecule has 16 heavy (non-hydrogen) atoms. The van der Waals surface area contributed by atoms with Crippen molar-refractivity contribution in [3.63, 3.8) is 0 Å². The third-order valence-electron chi connectivity index (χ3n) is 2.39. The average molecular weight is 242 g/mol. The largest absolute Gasteiger partial charge is 0.382 e. The number of unbranched alkanes of at least 4 members (excludes halogenated alkanes) is 2. The van der Waals surface area contributed by atoms with Crippen LogP contribution in [0.25, 0.3) is 0 Å². The van der Waals surface area contributed by atoms with E-state index in [-0.39, 0.29) is 5.82 Å². The fourth-order valence-corrected chi connectivity index (χ4v) is 2.29. The molecule has 4 N–H and O–H groups in total. The summed E-state index contributed by atoms with van der Waals surface area (Å²) in [6, 6.07) is 0. The molecular weight excluding hydrogens is 224 g/mol. The summed E-state index contributed by atoms with van der Waals surface area (Å²) in [6.45, 7) is 3.04. The minimum atomic E-state index is -0.511. The molecule has 0 saturated carbocycles. The predicted octanol–water partition coefficient (Wildman–Crippen LogP) is 1.45. The summed E-state index contributed by atoms with van der Waals surface area (Å²) < 4.78 is 3.96. The van der Waals surface area contributed by atoms with Crippen LogP contribution in [0.1, 0.15) is 36.5 Å². The molecule has 1 amide bonds. The summed E-state index contributed by atoms with van der Waals surface area (Å²) in [5.74, 6) is -0.279. The zero-order valence-corrected chi connectivity index (χ0v) is 10.5. The van der Waals surface area contributed by atoms with Crippen LogP contribution in [0.2, 0.25) is 0 Å². The van der Waals surface area contributed by atoms with Gasteiger partial charge in [-0.2, -0.15) is 4.37 Å². The van der Waals surface area contributed by atoms with Gasteiger partial charge in [-0.15, -0.1) is 0 Å². The maximum atomic E-state index is 11.2. The Balaban J connectivity index is 2.75. The van der Waals surface area contributed by atoms with E-state index < -0.39 is 5.91 Å². The van der Waals surface area contributed by atoms with Gasteiger partial charge >= 0.3 is 0 Å². The molecule has 1 aromatic rings. The number of carbonyl (C=O) groups excluding carboxylic acids is 1. The molecule has 0 bridgehead atoms. The molecule has 1 rings (SSSR count). The Labute approximate surface area is 99.6 Å². The third kappa shape index (κ3) is 2.85. The van der Waals surface area contributed by atoms with Crippen molar-refractivity contribution in [3.05, 3.63) is 5.56 Å². The Kier molecular flexibility index (Phi) is 4.54. The number of hydrogen-bond acceptors (Lipinski definition) is 5. The van der Waals surface area contributed by atoms with Gasteiger partial charge in [-0.3, -0.25) is 4.79 Å². The summed E-state index contributed by atoms with van der Waals surface area (Å²) in [7, 11) is 1.93. The van der Waals surface area contributed by atoms with Gasteiger partial charge < -0.3 is 16.4 Å². The van der Waals surface area contributed by atoms with Crippen LogP contribution in [0.5, 0.6) is 0 Å². The van der Waals surface area contributed by atoms with Gasteiger partial charge in [0, 0.05) is 13.6 Å². The fraction of sp³-hybridized carbons (Fsp3) is 0.600. The van der Waals surface area contributed by atoms with E-state index in [9.17, 15) is 4.79 Å². The lowest BCUT2D eigenvalue weighted by Crippen LogP contribution is -2.22. The van der Waals surface area contributed by atoms with E-state index in [1.807, 2.05) is 11.9 Å². The van der Waals surface area contributed by atoms with E-state index >= 15 is 0 Å². The van der Waals surface area contributed by atoms with Gasteiger partial charge in [0.15, 0.2) is 5.82 Å². The highest BCUT2D eigenvalue weighted by molar-refractivity contribution is 7.11. The van der Waals surface area contributed by atoms with Gasteiger partial charge in [0.2, 0.25) is 0 Å². The minimum absolute atomic E-state index is 0.231. The first-order valence-corrected chi connectivity index (χ1v) is 6.11. The number of aromatic nitrogens is 1. The van der Waals surface area contributed by atoms with Crippen LogP contribution >= 0.6 is 11.5 Å². The van der Waals surface area contributed by atoms with Gasteiger partial charge in [0.05, 0.1) is 0 Å². The molecule has 0 unspecified atom stereocenters. The lowest BCUT2D eigenvalue weighted by Gasteiger charge is -2.17. The molecule has 0 spiro atoms. The third-order valence-corrected chi connectivity index (χ3v) is 3.37. The number of rotatable bonds is 6. The van der Waals surface area contributed by atoms with Crippen molar-refractivity contribution in [1.82, 2.24) is 4.37 Å². The molecule has 0 radical (unpaired) electrons. The summed E-state index contributed by atoms with van der Waals surface area (Å²) in [6.07, 6.45) is 3.43. The van der Waals surface area contributed by atoms with Gasteiger partial charge in [-0.1, -0.05) is 19.8 Å². The quantitative estimate of drug-likeness (QED) is 0.739. The molecule has 0 aliphatic rings. The second-order valence-corrected chi connectivity index (χ2v) is 4.49. The molecule has 0 aliphatic heterocycles. The van der Waals surface area contributed by atoms with E-state index in [1.54, 1.807) is 0 Å². The van der Waals surface area contributed by atoms with Crippen LogP contribution in [-0.4, -0.2) is 23.9 Å². The Hall–Kier alpha value is -1.30. The zero-order chi connectivity index (χ0) is 12.1. The first kappa shape index (κ1) is 12.8. The Morgan fingerprint density at radius 2 is 2.19 bits per heavy atom. The van der Waals surface area contributed by atoms with Crippen LogP contribution in [0, 0.1) is 0 Å². The molecule has 90 valence electrons. The smallest absolute Gasteiger partial charge is 0.255 e. The summed E-state index contributed by atoms with van der Waals surface area (Å²) in [5.41, 5.74) is 11.2. The number of carbonyl (C=O) groups is 1. The van der Waals surface area contributed by atoms with E-state index in [1.165, 1.54) is 24.4 Å². The SMILES string of the molecule is CCCCCN(C)c1snc(N)c1C(N)=O. The topological polar surface area (TPSA) is 85.2 Å². The number of nitrogen functional groups attached to an aromatic ring is 1. The van der Waals surface area contributed by atoms with Crippen molar-refractivity contribution < 1.29 is 4.79 Å². The number of nitrogens with two attached hydrogens (primary N) is 2. The highest BCUT2D eigenvalue weighted by Crippen LogP contribution is 2.29. The van der Waals surface area contributed by atoms with Gasteiger partial charge in [0.25, 0.3) is 5.91 Å². The van der Waals surface area contributed by atoms with Crippen molar-refractivity contribution >= 4 is 28.3 Å². The first-order valence-electron chi connectivity index (χ1n) is 5.34. The van der Waals surface area contributed by atoms with Gasteiger partial charge in [0.1, 0.15) is 10.6 Å². The van der Waals surface area contributed by atoms with Gasteiger partial charge in [-0.25, -0.2) is 0 Å². The number of amides is 1. The highest BCUT2D eigenvalue weighted by Gasteiger charge is 2.19. The van der Waals surface area contributed by atoms with Crippen molar-refractivity contribution in [2.24, 2.45) is 5.73 Å². The van der Waals surface area contributed by atoms with Crippen molar-refractivity contribution in [1.29, 1.82) is 0 Å². The molecule has 0 fully saturated rings. The lowest BCUT2D eigenvalue weighted by molar-refractivity contribution is 0.100. The fourth-order valence-electron chi connectivity index (χ4n) is 1.49. The average Bonchev–Trinajstić information content (AvgIpc) is 2.60. The molecule has 1 aromatic heterocycles. The van der Waals surface area contributed by atoms with Crippen LogP contribution in [0.3, 0.4) is 0 Å². The van der Waals surface area contributed by atoms with E-state index in [4.69, 9.17) is 11.5 Å². The first-order chi connectivity index (χ1) is 7.57. The van der Waals surface area contributed by atoms with Crippen LogP contribution < -0.4 is 16.4 Å². The van der Waals surface area contributed by atoms with Crippen molar-refractivity contribution in [2.45, 2.75) is 26.2 Å². The summed E-state index contributed by atoms with van der Waals surface area (Å²) >= 11 is 1.22. The second kappa shape index (κ2) is 5.69. The Morgan fingerprint density at radius 1 is 1.50 bits per heavy atom. The zero-order valence-electron chi connectivity index (χ0n) is 9.69. The number of nitrogens with zero attached hydrogens (tertiary/aromatic N) is 2. The summed E-state index contributed by atoms with van der Waals surface area (Å²) in [4.78, 5) is 13.2. The molecule has 0 aliphatic carbocycles. The highest BCUT2D eigenvalue weighted by atomic mass is 32.1. The monoisotopic (exact) mass is 242 g/mol. The number of primary amides is 1. The molecule has 0 atom stereocenters. The number of anilines is 2. The molecule has 6 heteroatoms. The maximum Gasteiger partial charge on any atom is 0.255 e. The van der Waals surface area contributed by atoms with E-state index in [2.05, 4.69) is 11.3 Å². The van der Waals surface area contributed by atoms with E-state index in [0.717, 1.165) is 18.0 Å². The van der Waals surface area contributed by atoms with Crippen molar-refractivity contribution in [3.8, 4) is 0 Å². The Bertz CT molecular complexity index is 364. The molecule has 1 heterocycles. The molecular formula is C10H18N4OS. The van der Waals surface area contributed by atoms with Crippen LogP contribution in [-0.2, 0) is 0 Å². The predicted molar refractivity (Wildman–Crippen MR) is 67.8 cm³/mol. The molecule has 0 aromatic carbocycles. The van der Waals surface area contributed by atoms with Crippen LogP contribution in [0.15, 0.2) is 0 Å². The molecule has 5 nitrogen and oxygen atoms in total. The summed E-state index contributed by atoms with van der Waals surface area (Å²) in [5, 5.41) is 0.765. The van der Waals surface area contributed by atoms with Crippen molar-refractivity contribution in [2.75, 3.05) is 24.2 Å². The lowest BCUT2D eigenvalue weighted by atomic mass is 10.2. The second-order valence-electron chi connectivity index (χ2n) is 3.74. The number of hydrogen-bond donors (Lipinski definition) is 2. The normalized spacial score (nSPS) is 10.4. The van der Waals surface area contributed by atoms with Gasteiger partial charge in [-0.05, 0) is 18.0 Å². The van der Waals surface area contributed by atoms with E-state index in [0.29, 0.717) is 5.56 Å².